The van der Waals surface area contributed by atoms with Crippen LogP contribution in [0.2, 0.25) is 0 Å². The first-order valence-corrected chi connectivity index (χ1v) is 6.76. The van der Waals surface area contributed by atoms with E-state index in [4.69, 9.17) is 0 Å². The minimum Gasteiger partial charge on any atom is -0.348 e. The number of nitrogens with one attached hydrogen (secondary N) is 2. The molecule has 3 nitrogen and oxygen atoms in total. The average molecular weight is 246 g/mol. The quantitative estimate of drug-likeness (QED) is 0.853. The molecule has 3 heteroatoms. The van der Waals surface area contributed by atoms with E-state index in [2.05, 4.69) is 30.5 Å². The van der Waals surface area contributed by atoms with Crippen LogP contribution in [-0.2, 0) is 6.42 Å². The molecule has 2 rings (SSSR count). The molecule has 1 aromatic rings. The van der Waals surface area contributed by atoms with Crippen LogP contribution in [0.15, 0.2) is 24.3 Å². The van der Waals surface area contributed by atoms with Gasteiger partial charge in [-0.15, -0.1) is 0 Å². The van der Waals surface area contributed by atoms with Crippen molar-refractivity contribution in [1.29, 1.82) is 0 Å². The Morgan fingerprint density at radius 2 is 2.22 bits per heavy atom. The molecule has 0 bridgehead atoms. The normalized spacial score (nSPS) is 19.2. The van der Waals surface area contributed by atoms with Crippen molar-refractivity contribution in [3.63, 3.8) is 0 Å². The minimum atomic E-state index is 0.0694. The number of carbonyl (C=O) groups is 1. The fourth-order valence-electron chi connectivity index (χ4n) is 2.40. The lowest BCUT2D eigenvalue weighted by molar-refractivity contribution is 0.0939. The Morgan fingerprint density at radius 3 is 2.89 bits per heavy atom. The summed E-state index contributed by atoms with van der Waals surface area (Å²) in [5, 5.41) is 6.37. The third-order valence-corrected chi connectivity index (χ3v) is 3.29. The van der Waals surface area contributed by atoms with Crippen molar-refractivity contribution in [2.24, 2.45) is 5.92 Å². The molecule has 18 heavy (non-hydrogen) atoms. The second-order valence-corrected chi connectivity index (χ2v) is 5.42. The molecule has 1 atom stereocenters. The molecule has 98 valence electrons. The monoisotopic (exact) mass is 246 g/mol. The van der Waals surface area contributed by atoms with Crippen LogP contribution in [0.5, 0.6) is 0 Å². The van der Waals surface area contributed by atoms with E-state index in [1.807, 2.05) is 18.2 Å². The van der Waals surface area contributed by atoms with Crippen LogP contribution in [0.25, 0.3) is 0 Å². The lowest BCUT2D eigenvalue weighted by atomic mass is 9.97. The molecule has 1 aromatic carbocycles. The number of benzene rings is 1. The number of hydrogen-bond acceptors (Lipinski definition) is 2. The van der Waals surface area contributed by atoms with Gasteiger partial charge in [0.2, 0.25) is 0 Å². The zero-order chi connectivity index (χ0) is 13.0. The summed E-state index contributed by atoms with van der Waals surface area (Å²) in [7, 11) is 0. The van der Waals surface area contributed by atoms with Crippen molar-refractivity contribution < 1.29 is 4.79 Å². The number of carbonyl (C=O) groups excluding carboxylic acids is 1. The Balaban J connectivity index is 2.08. The molecule has 0 aromatic heterocycles. The molecule has 1 unspecified atom stereocenters. The topological polar surface area (TPSA) is 41.1 Å². The van der Waals surface area contributed by atoms with Crippen molar-refractivity contribution in [1.82, 2.24) is 10.6 Å². The summed E-state index contributed by atoms with van der Waals surface area (Å²) in [4.78, 5) is 12.3. The van der Waals surface area contributed by atoms with Gasteiger partial charge in [-0.05, 0) is 36.9 Å². The Labute approximate surface area is 109 Å². The molecule has 0 spiro atoms. The highest BCUT2D eigenvalue weighted by molar-refractivity contribution is 5.95. The van der Waals surface area contributed by atoms with Crippen molar-refractivity contribution in [3.05, 3.63) is 35.4 Å². The summed E-state index contributed by atoms with van der Waals surface area (Å²) < 4.78 is 0. The number of amides is 1. The second kappa shape index (κ2) is 6.01. The highest BCUT2D eigenvalue weighted by Gasteiger charge is 2.19. The van der Waals surface area contributed by atoms with Gasteiger partial charge in [0.25, 0.3) is 5.91 Å². The maximum Gasteiger partial charge on any atom is 0.251 e. The van der Waals surface area contributed by atoms with Gasteiger partial charge < -0.3 is 10.6 Å². The zero-order valence-electron chi connectivity index (χ0n) is 11.2. The third kappa shape index (κ3) is 3.33. The van der Waals surface area contributed by atoms with Gasteiger partial charge in [-0.25, -0.2) is 0 Å². The van der Waals surface area contributed by atoms with E-state index in [1.165, 1.54) is 0 Å². The van der Waals surface area contributed by atoms with Gasteiger partial charge in [-0.3, -0.25) is 4.79 Å². The van der Waals surface area contributed by atoms with Crippen LogP contribution in [0.4, 0.5) is 0 Å². The highest BCUT2D eigenvalue weighted by atomic mass is 16.1. The van der Waals surface area contributed by atoms with E-state index in [9.17, 15) is 4.79 Å². The standard InChI is InChI=1S/C15H22N2O/c1-11(2)9-12-5-3-4-6-14(12)15(18)17-13-7-8-16-10-13/h3-6,11,13,16H,7-10H2,1-2H3,(H,17,18). The molecule has 2 N–H and O–H groups in total. The van der Waals surface area contributed by atoms with E-state index in [0.29, 0.717) is 5.92 Å². The highest BCUT2D eigenvalue weighted by Crippen LogP contribution is 2.14. The number of rotatable bonds is 4. The van der Waals surface area contributed by atoms with Crippen LogP contribution < -0.4 is 10.6 Å². The van der Waals surface area contributed by atoms with Gasteiger partial charge in [0.15, 0.2) is 0 Å². The third-order valence-electron chi connectivity index (χ3n) is 3.29. The Kier molecular flexibility index (Phi) is 4.37. The smallest absolute Gasteiger partial charge is 0.251 e. The lowest BCUT2D eigenvalue weighted by Gasteiger charge is -2.15. The van der Waals surface area contributed by atoms with Gasteiger partial charge in [0, 0.05) is 18.2 Å². The lowest BCUT2D eigenvalue weighted by Crippen LogP contribution is -2.36. The van der Waals surface area contributed by atoms with E-state index in [-0.39, 0.29) is 11.9 Å². The van der Waals surface area contributed by atoms with E-state index < -0.39 is 0 Å². The van der Waals surface area contributed by atoms with Crippen LogP contribution in [-0.4, -0.2) is 25.0 Å². The predicted molar refractivity (Wildman–Crippen MR) is 73.7 cm³/mol. The molecule has 0 radical (unpaired) electrons. The molecule has 0 saturated carbocycles. The maximum atomic E-state index is 12.3. The van der Waals surface area contributed by atoms with Gasteiger partial charge >= 0.3 is 0 Å². The molecule has 0 aliphatic carbocycles. The van der Waals surface area contributed by atoms with E-state index in [0.717, 1.165) is 37.1 Å². The van der Waals surface area contributed by atoms with Gasteiger partial charge in [0.1, 0.15) is 0 Å². The summed E-state index contributed by atoms with van der Waals surface area (Å²) in [5.41, 5.74) is 1.98. The Morgan fingerprint density at radius 1 is 1.44 bits per heavy atom. The molecule has 1 heterocycles. The Bertz CT molecular complexity index is 409. The molecule has 1 saturated heterocycles. The van der Waals surface area contributed by atoms with Gasteiger partial charge in [-0.2, -0.15) is 0 Å². The summed E-state index contributed by atoms with van der Waals surface area (Å²) in [6.07, 6.45) is 1.98. The molecule has 1 amide bonds. The summed E-state index contributed by atoms with van der Waals surface area (Å²) in [5.74, 6) is 0.632. The first-order chi connectivity index (χ1) is 8.66. The summed E-state index contributed by atoms with van der Waals surface area (Å²) >= 11 is 0. The first-order valence-electron chi connectivity index (χ1n) is 6.76. The van der Waals surface area contributed by atoms with Crippen molar-refractivity contribution >= 4 is 5.91 Å². The van der Waals surface area contributed by atoms with Gasteiger partial charge in [-0.1, -0.05) is 32.0 Å². The van der Waals surface area contributed by atoms with Crippen LogP contribution in [0.1, 0.15) is 36.2 Å². The summed E-state index contributed by atoms with van der Waals surface area (Å²) in [6.45, 7) is 6.24. The molecular formula is C15H22N2O. The van der Waals surface area contributed by atoms with Crippen LogP contribution >= 0.6 is 0 Å². The van der Waals surface area contributed by atoms with Crippen molar-refractivity contribution in [2.75, 3.05) is 13.1 Å². The second-order valence-electron chi connectivity index (χ2n) is 5.42. The SMILES string of the molecule is CC(C)Cc1ccccc1C(=O)NC1CCNC1. The van der Waals surface area contributed by atoms with Crippen LogP contribution in [0.3, 0.4) is 0 Å². The minimum absolute atomic E-state index is 0.0694. The van der Waals surface area contributed by atoms with E-state index >= 15 is 0 Å². The maximum absolute atomic E-state index is 12.3. The van der Waals surface area contributed by atoms with Crippen molar-refractivity contribution in [3.8, 4) is 0 Å². The average Bonchev–Trinajstić information content (AvgIpc) is 2.81. The molecule has 1 aliphatic heterocycles. The zero-order valence-corrected chi connectivity index (χ0v) is 11.2. The Hall–Kier alpha value is -1.35. The first kappa shape index (κ1) is 13.1. The fourth-order valence-corrected chi connectivity index (χ4v) is 2.40. The molecule has 1 aliphatic rings. The van der Waals surface area contributed by atoms with Gasteiger partial charge in [0.05, 0.1) is 0 Å². The number of hydrogen-bond donors (Lipinski definition) is 2. The van der Waals surface area contributed by atoms with Crippen molar-refractivity contribution in [2.45, 2.75) is 32.7 Å². The van der Waals surface area contributed by atoms with Crippen LogP contribution in [0, 0.1) is 5.92 Å². The summed E-state index contributed by atoms with van der Waals surface area (Å²) in [6, 6.07) is 8.21. The fraction of sp³-hybridized carbons (Fsp3) is 0.533. The van der Waals surface area contributed by atoms with E-state index in [1.54, 1.807) is 0 Å². The largest absolute Gasteiger partial charge is 0.348 e. The molecular weight excluding hydrogens is 224 g/mol. The predicted octanol–water partition coefficient (Wildman–Crippen LogP) is 1.98. The molecule has 1 fully saturated rings.